The minimum atomic E-state index is -0.894. The van der Waals surface area contributed by atoms with E-state index in [0.29, 0.717) is 17.6 Å². The Morgan fingerprint density at radius 1 is 1.14 bits per heavy atom. The molecule has 28 heavy (non-hydrogen) atoms. The number of hydrogen-bond acceptors (Lipinski definition) is 11. The number of carbonyl (C=O) groups is 1. The summed E-state index contributed by atoms with van der Waals surface area (Å²) in [6.45, 7) is 3.18. The summed E-state index contributed by atoms with van der Waals surface area (Å²) in [5, 5.41) is 23.4. The van der Waals surface area contributed by atoms with Crippen molar-refractivity contribution in [2.75, 3.05) is 0 Å². The van der Waals surface area contributed by atoms with Crippen molar-refractivity contribution in [3.05, 3.63) is 37.9 Å². The number of fused-ring (bicyclic) bond motifs is 1. The maximum atomic E-state index is 12.1. The molecule has 0 saturated carbocycles. The number of hydrogen-bond donors (Lipinski definition) is 0. The first kappa shape index (κ1) is 19.3. The summed E-state index contributed by atoms with van der Waals surface area (Å²) >= 11 is 0.714. The van der Waals surface area contributed by atoms with Gasteiger partial charge in [-0.25, -0.2) is 19.8 Å². The van der Waals surface area contributed by atoms with Crippen LogP contribution < -0.4 is 0 Å². The van der Waals surface area contributed by atoms with Crippen molar-refractivity contribution in [2.24, 2.45) is 20.0 Å². The Morgan fingerprint density at radius 3 is 2.36 bits per heavy atom. The summed E-state index contributed by atoms with van der Waals surface area (Å²) in [5.74, 6) is -0.561. The highest BCUT2D eigenvalue weighted by Crippen LogP contribution is 2.41. The number of ether oxygens (including phenoxy) is 1. The fourth-order valence-corrected chi connectivity index (χ4v) is 3.41. The highest BCUT2D eigenvalue weighted by molar-refractivity contribution is 8.14. The van der Waals surface area contributed by atoms with Crippen molar-refractivity contribution < 1.29 is 19.4 Å². The van der Waals surface area contributed by atoms with E-state index in [-0.39, 0.29) is 15.5 Å². The minimum absolute atomic E-state index is 0.242. The maximum Gasteiger partial charge on any atom is 0.338 e. The van der Waals surface area contributed by atoms with Gasteiger partial charge < -0.3 is 4.74 Å². The van der Waals surface area contributed by atoms with Crippen LogP contribution in [0.2, 0.25) is 0 Å². The van der Waals surface area contributed by atoms with Crippen molar-refractivity contribution in [1.82, 2.24) is 0 Å². The molecule has 1 aromatic rings. The average molecular weight is 404 g/mol. The smallest absolute Gasteiger partial charge is 0.338 e. The van der Waals surface area contributed by atoms with Crippen LogP contribution in [-0.2, 0) is 4.74 Å². The van der Waals surface area contributed by atoms with E-state index in [1.807, 2.05) is 0 Å². The Kier molecular flexibility index (Phi) is 5.26. The number of aliphatic imine (C=N–C) groups is 4. The van der Waals surface area contributed by atoms with Gasteiger partial charge in [-0.05, 0) is 13.8 Å². The Balaban J connectivity index is 2.08. The number of rotatable bonds is 5. The second-order valence-corrected chi connectivity index (χ2v) is 6.81. The van der Waals surface area contributed by atoms with Gasteiger partial charge in [-0.15, -0.1) is 0 Å². The van der Waals surface area contributed by atoms with Crippen molar-refractivity contribution in [2.45, 2.75) is 30.9 Å². The molecule has 144 valence electrons. The van der Waals surface area contributed by atoms with Gasteiger partial charge in [-0.2, -0.15) is 0 Å². The molecule has 0 N–H and O–H groups in total. The van der Waals surface area contributed by atoms with Gasteiger partial charge in [0.25, 0.3) is 11.4 Å². The number of nitro groups is 2. The van der Waals surface area contributed by atoms with E-state index in [4.69, 9.17) is 4.74 Å². The number of amidine groups is 1. The topological polar surface area (TPSA) is 162 Å². The van der Waals surface area contributed by atoms with Crippen LogP contribution in [0.1, 0.15) is 24.2 Å². The van der Waals surface area contributed by atoms with E-state index in [1.54, 1.807) is 13.8 Å². The quantitative estimate of drug-likeness (QED) is 0.413. The lowest BCUT2D eigenvalue weighted by atomic mass is 10.1. The lowest BCUT2D eigenvalue weighted by Gasteiger charge is -2.14. The van der Waals surface area contributed by atoms with Crippen LogP contribution in [0, 0.1) is 20.2 Å². The monoisotopic (exact) mass is 404 g/mol. The van der Waals surface area contributed by atoms with Crippen molar-refractivity contribution in [1.29, 1.82) is 0 Å². The molecule has 0 fully saturated rings. The second kappa shape index (κ2) is 7.64. The molecule has 1 unspecified atom stereocenters. The molecule has 2 aliphatic rings. The van der Waals surface area contributed by atoms with Crippen LogP contribution in [-0.4, -0.2) is 51.5 Å². The van der Waals surface area contributed by atoms with E-state index < -0.39 is 39.3 Å². The van der Waals surface area contributed by atoms with Crippen LogP contribution in [0.25, 0.3) is 0 Å². The first-order valence-electron chi connectivity index (χ1n) is 7.83. The number of esters is 1. The van der Waals surface area contributed by atoms with Gasteiger partial charge in [0.2, 0.25) is 0 Å². The van der Waals surface area contributed by atoms with Gasteiger partial charge >= 0.3 is 5.97 Å². The van der Waals surface area contributed by atoms with E-state index >= 15 is 0 Å². The zero-order valence-corrected chi connectivity index (χ0v) is 15.3. The number of thioether (sulfide) groups is 1. The molecule has 0 spiro atoms. The molecule has 0 amide bonds. The van der Waals surface area contributed by atoms with E-state index in [2.05, 4.69) is 20.0 Å². The van der Waals surface area contributed by atoms with Gasteiger partial charge in [-0.3, -0.25) is 25.2 Å². The number of benzene rings is 1. The van der Waals surface area contributed by atoms with Gasteiger partial charge in [0.15, 0.2) is 16.8 Å². The van der Waals surface area contributed by atoms with Gasteiger partial charge in [0.05, 0.1) is 21.5 Å². The molecule has 12 nitrogen and oxygen atoms in total. The largest absolute Gasteiger partial charge is 0.459 e. The van der Waals surface area contributed by atoms with Crippen LogP contribution in [0.4, 0.5) is 11.4 Å². The van der Waals surface area contributed by atoms with Gasteiger partial charge in [0.1, 0.15) is 17.7 Å². The number of nitro benzene ring substituents is 2. The maximum absolute atomic E-state index is 12.1. The lowest BCUT2D eigenvalue weighted by molar-refractivity contribution is -0.399. The molecular formula is C15H12N6O6S. The van der Waals surface area contributed by atoms with Crippen molar-refractivity contribution >= 4 is 52.7 Å². The van der Waals surface area contributed by atoms with Crippen LogP contribution >= 0.6 is 11.8 Å². The molecule has 2 heterocycles. The van der Waals surface area contributed by atoms with Gasteiger partial charge in [-0.1, -0.05) is 11.8 Å². The molecule has 0 bridgehead atoms. The molecule has 1 atom stereocenters. The van der Waals surface area contributed by atoms with E-state index in [1.165, 1.54) is 12.7 Å². The van der Waals surface area contributed by atoms with E-state index in [9.17, 15) is 25.0 Å². The third-order valence-corrected chi connectivity index (χ3v) is 4.65. The van der Waals surface area contributed by atoms with E-state index in [0.717, 1.165) is 12.1 Å². The molecular weight excluding hydrogens is 392 g/mol. The van der Waals surface area contributed by atoms with Crippen LogP contribution in [0.3, 0.4) is 0 Å². The Hall–Kier alpha value is -3.48. The summed E-state index contributed by atoms with van der Waals surface area (Å²) in [4.78, 5) is 49.3. The third kappa shape index (κ3) is 3.78. The zero-order valence-electron chi connectivity index (χ0n) is 14.5. The first-order valence-corrected chi connectivity index (χ1v) is 8.64. The molecule has 0 radical (unpaired) electrons. The molecule has 0 saturated heterocycles. The predicted molar refractivity (Wildman–Crippen MR) is 102 cm³/mol. The zero-order chi connectivity index (χ0) is 20.4. The average Bonchev–Trinajstić information content (AvgIpc) is 3.10. The molecule has 3 rings (SSSR count). The van der Waals surface area contributed by atoms with Crippen LogP contribution in [0.15, 0.2) is 37.0 Å². The van der Waals surface area contributed by atoms with Crippen molar-refractivity contribution in [3.63, 3.8) is 0 Å². The second-order valence-electron chi connectivity index (χ2n) is 5.78. The number of nitrogens with zero attached hydrogens (tertiary/aromatic N) is 6. The highest BCUT2D eigenvalue weighted by atomic mass is 32.2. The van der Waals surface area contributed by atoms with Gasteiger partial charge in [0, 0.05) is 12.1 Å². The predicted octanol–water partition coefficient (Wildman–Crippen LogP) is 2.41. The fraction of sp³-hybridized carbons (Fsp3) is 0.267. The summed E-state index contributed by atoms with van der Waals surface area (Å²) in [7, 11) is 0. The van der Waals surface area contributed by atoms with Crippen LogP contribution in [0.5, 0.6) is 0 Å². The summed E-state index contributed by atoms with van der Waals surface area (Å²) in [5.41, 5.74) is -1.51. The Bertz CT molecular complexity index is 964. The normalized spacial score (nSPS) is 17.2. The van der Waals surface area contributed by atoms with Crippen molar-refractivity contribution in [3.8, 4) is 0 Å². The summed E-state index contributed by atoms with van der Waals surface area (Å²) in [6, 6.07) is 1.22. The Labute approximate surface area is 161 Å². The third-order valence-electron chi connectivity index (χ3n) is 3.49. The summed E-state index contributed by atoms with van der Waals surface area (Å²) in [6.07, 6.45) is 1.97. The first-order chi connectivity index (χ1) is 13.3. The summed E-state index contributed by atoms with van der Waals surface area (Å²) < 4.78 is 4.99. The molecule has 0 aliphatic carbocycles. The standard InChI is InChI=1S/C15H12N6O6S/c1-7(2)27-15(22)8-3-9(20(23)24)12(10(4-8)21(25)26)28-14-11-13(17-5-16-11)18-6-19-14/h3-7,11H,1-2H3. The molecule has 0 aromatic heterocycles. The SMILES string of the molecule is CC(C)OC(=O)c1cc([N+](=O)[O-])c(SC2=NC=NC3=NC=NC32)c([N+](=O)[O-])c1. The highest BCUT2D eigenvalue weighted by Gasteiger charge is 2.34. The molecule has 1 aromatic carbocycles. The fourth-order valence-electron chi connectivity index (χ4n) is 2.35. The Morgan fingerprint density at radius 2 is 1.79 bits per heavy atom. The molecule has 2 aliphatic heterocycles. The lowest BCUT2D eigenvalue weighted by Crippen LogP contribution is -2.25. The minimum Gasteiger partial charge on any atom is -0.459 e. The number of carbonyl (C=O) groups excluding carboxylic acids is 1. The molecule has 13 heteroatoms.